The van der Waals surface area contributed by atoms with Crippen LogP contribution >= 0.6 is 0 Å². The van der Waals surface area contributed by atoms with E-state index < -0.39 is 0 Å². The molecule has 0 bridgehead atoms. The number of hydrogen-bond donors (Lipinski definition) is 0. The van der Waals surface area contributed by atoms with E-state index in [4.69, 9.17) is 9.47 Å². The van der Waals surface area contributed by atoms with Gasteiger partial charge in [-0.25, -0.2) is 0 Å². The van der Waals surface area contributed by atoms with Crippen molar-refractivity contribution in [3.63, 3.8) is 0 Å². The zero-order valence-corrected chi connectivity index (χ0v) is 12.9. The van der Waals surface area contributed by atoms with Crippen LogP contribution in [0.15, 0.2) is 41.5 Å². The highest BCUT2D eigenvalue weighted by Crippen LogP contribution is 2.34. The summed E-state index contributed by atoms with van der Waals surface area (Å²) in [6.45, 7) is 4.54. The highest BCUT2D eigenvalue weighted by molar-refractivity contribution is 6.03. The second-order valence-electron chi connectivity index (χ2n) is 5.21. The third kappa shape index (κ3) is 3.82. The van der Waals surface area contributed by atoms with E-state index in [2.05, 4.69) is 13.8 Å². The summed E-state index contributed by atoms with van der Waals surface area (Å²) in [5.41, 5.74) is 4.79. The predicted molar refractivity (Wildman–Crippen MR) is 84.2 cm³/mol. The minimum atomic E-state index is 0.206. The molecule has 0 heterocycles. The van der Waals surface area contributed by atoms with Crippen LogP contribution in [0.5, 0.6) is 5.75 Å². The third-order valence-corrected chi connectivity index (χ3v) is 3.81. The van der Waals surface area contributed by atoms with E-state index >= 15 is 0 Å². The average molecular weight is 286 g/mol. The monoisotopic (exact) mass is 286 g/mol. The maximum absolute atomic E-state index is 11.8. The van der Waals surface area contributed by atoms with Gasteiger partial charge >= 0.3 is 0 Å². The van der Waals surface area contributed by atoms with Crippen LogP contribution in [-0.4, -0.2) is 19.7 Å². The van der Waals surface area contributed by atoms with E-state index in [1.807, 2.05) is 24.3 Å². The molecule has 1 aromatic carbocycles. The summed E-state index contributed by atoms with van der Waals surface area (Å²) in [6, 6.07) is 7.82. The first-order chi connectivity index (χ1) is 10.2. The van der Waals surface area contributed by atoms with Crippen molar-refractivity contribution in [3.05, 3.63) is 47.1 Å². The van der Waals surface area contributed by atoms with Crippen molar-refractivity contribution in [2.45, 2.75) is 33.1 Å². The van der Waals surface area contributed by atoms with Gasteiger partial charge in [-0.15, -0.1) is 0 Å². The summed E-state index contributed by atoms with van der Waals surface area (Å²) in [4.78, 5) is 11.8. The molecule has 3 heteroatoms. The number of carbonyl (C=O) groups excluding carboxylic acids is 1. The van der Waals surface area contributed by atoms with Crippen molar-refractivity contribution in [1.29, 1.82) is 0 Å². The standard InChI is InChI=1S/C18H22O3/c1-4-13(2)17-10-7-15(19)11-18(17)14-5-8-16(9-6-14)21-12-20-3/h5-6,8-9,11H,4,7,10,12H2,1-3H3. The molecule has 0 aromatic heterocycles. The average Bonchev–Trinajstić information content (AvgIpc) is 2.52. The van der Waals surface area contributed by atoms with E-state index in [9.17, 15) is 4.79 Å². The Labute approximate surface area is 126 Å². The van der Waals surface area contributed by atoms with Gasteiger partial charge in [0.2, 0.25) is 0 Å². The van der Waals surface area contributed by atoms with Crippen molar-refractivity contribution < 1.29 is 14.3 Å². The van der Waals surface area contributed by atoms with Crippen molar-refractivity contribution in [2.24, 2.45) is 0 Å². The second-order valence-corrected chi connectivity index (χ2v) is 5.21. The van der Waals surface area contributed by atoms with Gasteiger partial charge < -0.3 is 9.47 Å². The summed E-state index contributed by atoms with van der Waals surface area (Å²) in [7, 11) is 1.59. The Morgan fingerprint density at radius 3 is 2.52 bits per heavy atom. The Hall–Kier alpha value is -1.87. The molecule has 0 aliphatic heterocycles. The van der Waals surface area contributed by atoms with Crippen LogP contribution in [0.4, 0.5) is 0 Å². The van der Waals surface area contributed by atoms with Gasteiger partial charge in [0, 0.05) is 13.5 Å². The molecule has 0 N–H and O–H groups in total. The molecule has 1 aromatic rings. The summed E-state index contributed by atoms with van der Waals surface area (Å²) < 4.78 is 10.3. The fraction of sp³-hybridized carbons (Fsp3) is 0.389. The first-order valence-corrected chi connectivity index (χ1v) is 7.31. The van der Waals surface area contributed by atoms with E-state index in [0.717, 1.165) is 29.7 Å². The largest absolute Gasteiger partial charge is 0.468 e. The van der Waals surface area contributed by atoms with Gasteiger partial charge in [-0.05, 0) is 54.7 Å². The van der Waals surface area contributed by atoms with Gasteiger partial charge in [0.15, 0.2) is 12.6 Å². The van der Waals surface area contributed by atoms with Crippen LogP contribution in [0, 0.1) is 0 Å². The van der Waals surface area contributed by atoms with Gasteiger partial charge in [0.1, 0.15) is 5.75 Å². The number of methoxy groups -OCH3 is 1. The van der Waals surface area contributed by atoms with Crippen LogP contribution in [0.25, 0.3) is 5.57 Å². The van der Waals surface area contributed by atoms with E-state index in [1.165, 1.54) is 11.1 Å². The molecule has 0 radical (unpaired) electrons. The summed E-state index contributed by atoms with van der Waals surface area (Å²) in [5.74, 6) is 0.971. The minimum absolute atomic E-state index is 0.206. The Morgan fingerprint density at radius 2 is 1.90 bits per heavy atom. The molecule has 0 unspecified atom stereocenters. The predicted octanol–water partition coefficient (Wildman–Crippen LogP) is 4.14. The first-order valence-electron chi connectivity index (χ1n) is 7.31. The van der Waals surface area contributed by atoms with Gasteiger partial charge in [0.25, 0.3) is 0 Å². The zero-order valence-electron chi connectivity index (χ0n) is 12.9. The van der Waals surface area contributed by atoms with Gasteiger partial charge in [-0.2, -0.15) is 0 Å². The molecule has 3 nitrogen and oxygen atoms in total. The van der Waals surface area contributed by atoms with Gasteiger partial charge in [-0.1, -0.05) is 24.6 Å². The summed E-state index contributed by atoms with van der Waals surface area (Å²) in [5, 5.41) is 0. The second kappa shape index (κ2) is 7.23. The molecule has 0 spiro atoms. The third-order valence-electron chi connectivity index (χ3n) is 3.81. The fourth-order valence-electron chi connectivity index (χ4n) is 2.48. The number of benzene rings is 1. The van der Waals surface area contributed by atoms with Gasteiger partial charge in [0.05, 0.1) is 0 Å². The maximum atomic E-state index is 11.8. The SMILES string of the molecule is CCC(C)=C1CCC(=O)C=C1c1ccc(OCOC)cc1. The Morgan fingerprint density at radius 1 is 1.19 bits per heavy atom. The minimum Gasteiger partial charge on any atom is -0.468 e. The quantitative estimate of drug-likeness (QED) is 0.763. The highest BCUT2D eigenvalue weighted by Gasteiger charge is 2.18. The number of ketones is 1. The lowest BCUT2D eigenvalue weighted by Crippen LogP contribution is -2.07. The Balaban J connectivity index is 2.31. The Kier molecular flexibility index (Phi) is 5.34. The smallest absolute Gasteiger partial charge is 0.188 e. The van der Waals surface area contributed by atoms with Crippen LogP contribution in [0.1, 0.15) is 38.7 Å². The lowest BCUT2D eigenvalue weighted by molar-refractivity contribution is -0.114. The molecule has 112 valence electrons. The van der Waals surface area contributed by atoms with Crippen LogP contribution in [0.3, 0.4) is 0 Å². The molecule has 0 fully saturated rings. The van der Waals surface area contributed by atoms with E-state index in [1.54, 1.807) is 13.2 Å². The Bertz CT molecular complexity index is 565. The van der Waals surface area contributed by atoms with Crippen molar-refractivity contribution in [2.75, 3.05) is 13.9 Å². The van der Waals surface area contributed by atoms with Crippen LogP contribution in [-0.2, 0) is 9.53 Å². The summed E-state index contributed by atoms with van der Waals surface area (Å²) >= 11 is 0. The molecule has 0 amide bonds. The number of rotatable bonds is 5. The van der Waals surface area contributed by atoms with Crippen molar-refractivity contribution >= 4 is 11.4 Å². The molecule has 1 aliphatic carbocycles. The molecule has 0 atom stereocenters. The highest BCUT2D eigenvalue weighted by atomic mass is 16.7. The molecule has 1 aliphatic rings. The number of allylic oxidation sites excluding steroid dienone is 4. The van der Waals surface area contributed by atoms with E-state index in [0.29, 0.717) is 6.42 Å². The van der Waals surface area contributed by atoms with E-state index in [-0.39, 0.29) is 12.6 Å². The molecular formula is C18H22O3. The van der Waals surface area contributed by atoms with Crippen LogP contribution in [0.2, 0.25) is 0 Å². The van der Waals surface area contributed by atoms with Gasteiger partial charge in [-0.3, -0.25) is 4.79 Å². The lowest BCUT2D eigenvalue weighted by atomic mass is 9.85. The van der Waals surface area contributed by atoms with Crippen LogP contribution < -0.4 is 4.74 Å². The molecule has 2 rings (SSSR count). The lowest BCUT2D eigenvalue weighted by Gasteiger charge is -2.19. The first kappa shape index (κ1) is 15.5. The maximum Gasteiger partial charge on any atom is 0.188 e. The molecular weight excluding hydrogens is 264 g/mol. The molecule has 0 saturated carbocycles. The molecule has 21 heavy (non-hydrogen) atoms. The topological polar surface area (TPSA) is 35.5 Å². The van der Waals surface area contributed by atoms with Crippen molar-refractivity contribution in [3.8, 4) is 5.75 Å². The zero-order chi connectivity index (χ0) is 15.2. The number of ether oxygens (including phenoxy) is 2. The number of carbonyl (C=O) groups is 1. The normalized spacial score (nSPS) is 17.5. The fourth-order valence-corrected chi connectivity index (χ4v) is 2.48. The van der Waals surface area contributed by atoms with Crippen molar-refractivity contribution in [1.82, 2.24) is 0 Å². The number of hydrogen-bond acceptors (Lipinski definition) is 3. The summed E-state index contributed by atoms with van der Waals surface area (Å²) in [6.07, 6.45) is 4.25. The molecule has 0 saturated heterocycles.